The van der Waals surface area contributed by atoms with Crippen molar-refractivity contribution in [2.75, 3.05) is 0 Å². The molecule has 0 heterocycles. The van der Waals surface area contributed by atoms with Crippen molar-refractivity contribution in [3.05, 3.63) is 0 Å². The Hall–Kier alpha value is -0.400. The Bertz CT molecular complexity index is 200. The second-order valence-electron chi connectivity index (χ2n) is 4.55. The van der Waals surface area contributed by atoms with Crippen molar-refractivity contribution in [2.24, 2.45) is 17.8 Å². The first-order valence-corrected chi connectivity index (χ1v) is 5.48. The molecule has 0 aromatic rings. The zero-order valence-corrected chi connectivity index (χ0v) is 7.97. The Balaban J connectivity index is 2.06. The maximum absolute atomic E-state index is 12.7. The summed E-state index contributed by atoms with van der Waals surface area (Å²) in [5.74, 6) is 0.811. The Labute approximate surface area is 78.7 Å². The highest BCUT2D eigenvalue weighted by atomic mass is 19.1. The predicted octanol–water partition coefficient (Wildman–Crippen LogP) is 3.09. The van der Waals surface area contributed by atoms with Gasteiger partial charge in [-0.3, -0.25) is 4.79 Å². The number of carbonyl (C=O) groups excluding carboxylic acids is 1. The minimum atomic E-state index is -1.04. The largest absolute Gasteiger partial charge is 0.304 e. The molecule has 0 amide bonds. The fourth-order valence-corrected chi connectivity index (χ4v) is 3.22. The molecule has 0 aliphatic heterocycles. The molecule has 2 saturated carbocycles. The monoisotopic (exact) mass is 184 g/mol. The molecule has 3 atom stereocenters. The third-order valence-electron chi connectivity index (χ3n) is 3.87. The molecular formula is C11H17FO. The Morgan fingerprint density at radius 2 is 1.69 bits per heavy atom. The highest BCUT2D eigenvalue weighted by Gasteiger charge is 2.38. The molecule has 2 rings (SSSR count). The summed E-state index contributed by atoms with van der Waals surface area (Å²) in [7, 11) is 0. The van der Waals surface area contributed by atoms with E-state index in [1.807, 2.05) is 0 Å². The van der Waals surface area contributed by atoms with Gasteiger partial charge in [0.05, 0.1) is 5.92 Å². The summed E-state index contributed by atoms with van der Waals surface area (Å²) in [6.07, 6.45) is 7.89. The van der Waals surface area contributed by atoms with Crippen LogP contribution in [0.15, 0.2) is 0 Å². The zero-order chi connectivity index (χ0) is 9.26. The van der Waals surface area contributed by atoms with Crippen LogP contribution in [0.3, 0.4) is 0 Å². The molecule has 0 N–H and O–H groups in total. The van der Waals surface area contributed by atoms with Gasteiger partial charge in [-0.1, -0.05) is 32.1 Å². The molecule has 1 nitrogen and oxygen atoms in total. The van der Waals surface area contributed by atoms with Gasteiger partial charge in [0.15, 0.2) is 0 Å². The van der Waals surface area contributed by atoms with E-state index < -0.39 is 6.04 Å². The number of carbonyl (C=O) groups is 1. The summed E-state index contributed by atoms with van der Waals surface area (Å²) in [4.78, 5) is 10.8. The number of rotatable bonds is 1. The number of fused-ring (bicyclic) bond motifs is 1. The third kappa shape index (κ3) is 1.77. The molecule has 0 bridgehead atoms. The van der Waals surface area contributed by atoms with Crippen LogP contribution in [-0.2, 0) is 4.79 Å². The maximum Gasteiger partial charge on any atom is 0.304 e. The molecule has 2 aliphatic carbocycles. The number of hydrogen-bond donors (Lipinski definition) is 0. The van der Waals surface area contributed by atoms with E-state index in [9.17, 15) is 9.18 Å². The average molecular weight is 184 g/mol. The quantitative estimate of drug-likeness (QED) is 0.572. The maximum atomic E-state index is 12.7. The van der Waals surface area contributed by atoms with E-state index in [0.717, 1.165) is 19.3 Å². The van der Waals surface area contributed by atoms with E-state index in [-0.39, 0.29) is 5.92 Å². The molecule has 2 heteroatoms. The van der Waals surface area contributed by atoms with E-state index in [1.54, 1.807) is 0 Å². The molecule has 0 aromatic heterocycles. The zero-order valence-electron chi connectivity index (χ0n) is 7.97. The lowest BCUT2D eigenvalue weighted by Crippen LogP contribution is -2.34. The van der Waals surface area contributed by atoms with Crippen molar-refractivity contribution < 1.29 is 9.18 Å². The van der Waals surface area contributed by atoms with Crippen LogP contribution in [0, 0.1) is 17.8 Å². The van der Waals surface area contributed by atoms with Crippen molar-refractivity contribution in [3.8, 4) is 0 Å². The first-order valence-electron chi connectivity index (χ1n) is 5.48. The Morgan fingerprint density at radius 3 is 2.46 bits per heavy atom. The van der Waals surface area contributed by atoms with Crippen molar-refractivity contribution in [3.63, 3.8) is 0 Å². The van der Waals surface area contributed by atoms with Gasteiger partial charge in [0, 0.05) is 0 Å². The second-order valence-corrected chi connectivity index (χ2v) is 4.55. The van der Waals surface area contributed by atoms with Gasteiger partial charge in [0.1, 0.15) is 0 Å². The van der Waals surface area contributed by atoms with E-state index in [1.165, 1.54) is 25.7 Å². The first-order chi connectivity index (χ1) is 6.29. The highest BCUT2D eigenvalue weighted by Crippen LogP contribution is 2.44. The normalized spacial score (nSPS) is 39.6. The summed E-state index contributed by atoms with van der Waals surface area (Å²) in [6, 6.07) is -1.04. The summed E-state index contributed by atoms with van der Waals surface area (Å²) in [6.45, 7) is 0. The van der Waals surface area contributed by atoms with E-state index >= 15 is 0 Å². The standard InChI is InChI=1S/C11H17FO/c12-11(13)10-7-3-5-8-4-1-2-6-9(8)10/h8-10H,1-7H2. The van der Waals surface area contributed by atoms with Gasteiger partial charge < -0.3 is 0 Å². The summed E-state index contributed by atoms with van der Waals surface area (Å²) < 4.78 is 12.7. The second kappa shape index (κ2) is 3.77. The van der Waals surface area contributed by atoms with E-state index in [0.29, 0.717) is 11.8 Å². The highest BCUT2D eigenvalue weighted by molar-refractivity contribution is 5.71. The molecule has 0 saturated heterocycles. The van der Waals surface area contributed by atoms with Crippen molar-refractivity contribution in [1.82, 2.24) is 0 Å². The van der Waals surface area contributed by atoms with Gasteiger partial charge in [0.25, 0.3) is 0 Å². The molecule has 0 radical (unpaired) electrons. The minimum absolute atomic E-state index is 0.237. The van der Waals surface area contributed by atoms with Gasteiger partial charge in [-0.05, 0) is 24.7 Å². The SMILES string of the molecule is O=C(F)C1CCCC2CCCCC21. The lowest BCUT2D eigenvalue weighted by molar-refractivity contribution is -0.138. The van der Waals surface area contributed by atoms with Crippen molar-refractivity contribution >= 4 is 6.04 Å². The topological polar surface area (TPSA) is 17.1 Å². The fraction of sp³-hybridized carbons (Fsp3) is 0.909. The van der Waals surface area contributed by atoms with Crippen LogP contribution in [0.25, 0.3) is 0 Å². The van der Waals surface area contributed by atoms with Gasteiger partial charge in [-0.2, -0.15) is 4.39 Å². The molecule has 74 valence electrons. The molecule has 3 unspecified atom stereocenters. The lowest BCUT2D eigenvalue weighted by atomic mass is 9.66. The van der Waals surface area contributed by atoms with Crippen molar-refractivity contribution in [1.29, 1.82) is 0 Å². The average Bonchev–Trinajstić information content (AvgIpc) is 2.17. The number of halogens is 1. The van der Waals surface area contributed by atoms with Crippen LogP contribution in [-0.4, -0.2) is 6.04 Å². The molecule has 2 fully saturated rings. The van der Waals surface area contributed by atoms with Crippen LogP contribution < -0.4 is 0 Å². The van der Waals surface area contributed by atoms with E-state index in [4.69, 9.17) is 0 Å². The minimum Gasteiger partial charge on any atom is -0.261 e. The molecule has 0 spiro atoms. The van der Waals surface area contributed by atoms with Crippen LogP contribution in [0.1, 0.15) is 44.9 Å². The van der Waals surface area contributed by atoms with Gasteiger partial charge in [0.2, 0.25) is 0 Å². The van der Waals surface area contributed by atoms with Gasteiger partial charge in [-0.15, -0.1) is 0 Å². The van der Waals surface area contributed by atoms with Crippen LogP contribution in [0.5, 0.6) is 0 Å². The Kier molecular flexibility index (Phi) is 2.66. The van der Waals surface area contributed by atoms with E-state index in [2.05, 4.69) is 0 Å². The third-order valence-corrected chi connectivity index (χ3v) is 3.87. The lowest BCUT2D eigenvalue weighted by Gasteiger charge is -2.39. The molecular weight excluding hydrogens is 167 g/mol. The van der Waals surface area contributed by atoms with Gasteiger partial charge >= 0.3 is 6.04 Å². The van der Waals surface area contributed by atoms with Crippen LogP contribution in [0.2, 0.25) is 0 Å². The Morgan fingerprint density at radius 1 is 1.00 bits per heavy atom. The van der Waals surface area contributed by atoms with Crippen LogP contribution in [0.4, 0.5) is 4.39 Å². The van der Waals surface area contributed by atoms with Gasteiger partial charge in [-0.25, -0.2) is 0 Å². The number of hydrogen-bond acceptors (Lipinski definition) is 1. The summed E-state index contributed by atoms with van der Waals surface area (Å²) >= 11 is 0. The first kappa shape index (κ1) is 9.17. The molecule has 0 aromatic carbocycles. The molecule has 2 aliphatic rings. The smallest absolute Gasteiger partial charge is 0.261 e. The fourth-order valence-electron chi connectivity index (χ4n) is 3.22. The molecule has 13 heavy (non-hydrogen) atoms. The summed E-state index contributed by atoms with van der Waals surface area (Å²) in [5.41, 5.74) is 0. The van der Waals surface area contributed by atoms with Crippen molar-refractivity contribution in [2.45, 2.75) is 44.9 Å². The van der Waals surface area contributed by atoms with Crippen LogP contribution >= 0.6 is 0 Å². The summed E-state index contributed by atoms with van der Waals surface area (Å²) in [5, 5.41) is 0. The predicted molar refractivity (Wildman–Crippen MR) is 48.9 cm³/mol.